The van der Waals surface area contributed by atoms with Crippen molar-refractivity contribution in [3.05, 3.63) is 29.3 Å². The first-order valence-corrected chi connectivity index (χ1v) is 8.03. The summed E-state index contributed by atoms with van der Waals surface area (Å²) in [5.74, 6) is 0.0499. The molecule has 0 aromatic heterocycles. The molecule has 1 amide bonds. The van der Waals surface area contributed by atoms with Crippen LogP contribution in [0.15, 0.2) is 23.1 Å². The fourth-order valence-corrected chi connectivity index (χ4v) is 2.94. The quantitative estimate of drug-likeness (QED) is 0.836. The van der Waals surface area contributed by atoms with Crippen molar-refractivity contribution in [3.8, 4) is 0 Å². The lowest BCUT2D eigenvalue weighted by Crippen LogP contribution is -2.40. The average Bonchev–Trinajstić information content (AvgIpc) is 2.42. The summed E-state index contributed by atoms with van der Waals surface area (Å²) < 4.78 is 0. The number of thioether (sulfide) groups is 1. The zero-order chi connectivity index (χ0) is 13.8. The lowest BCUT2D eigenvalue weighted by molar-refractivity contribution is 0.0925. The molecule has 1 aliphatic rings. The second kappa shape index (κ2) is 6.44. The predicted molar refractivity (Wildman–Crippen MR) is 80.7 cm³/mol. The van der Waals surface area contributed by atoms with Crippen LogP contribution in [0.1, 0.15) is 41.6 Å². The van der Waals surface area contributed by atoms with Gasteiger partial charge in [0.05, 0.1) is 0 Å². The molecule has 19 heavy (non-hydrogen) atoms. The van der Waals surface area contributed by atoms with E-state index < -0.39 is 0 Å². The van der Waals surface area contributed by atoms with Crippen molar-refractivity contribution < 1.29 is 4.79 Å². The zero-order valence-electron chi connectivity index (χ0n) is 11.6. The monoisotopic (exact) mass is 278 g/mol. The molecule has 1 fully saturated rings. The summed E-state index contributed by atoms with van der Waals surface area (Å²) in [6.45, 7) is 1.98. The molecule has 1 aromatic carbocycles. The smallest absolute Gasteiger partial charge is 0.251 e. The molecule has 1 aliphatic carbocycles. The number of hydrogen-bond donors (Lipinski definition) is 2. The van der Waals surface area contributed by atoms with Gasteiger partial charge in [0.25, 0.3) is 5.91 Å². The molecule has 0 bridgehead atoms. The van der Waals surface area contributed by atoms with Crippen LogP contribution in [0.5, 0.6) is 0 Å². The van der Waals surface area contributed by atoms with Gasteiger partial charge in [0.1, 0.15) is 0 Å². The van der Waals surface area contributed by atoms with Crippen LogP contribution in [0, 0.1) is 6.92 Å². The third-order valence-corrected chi connectivity index (χ3v) is 4.52. The second-order valence-electron chi connectivity index (χ2n) is 5.27. The van der Waals surface area contributed by atoms with E-state index in [1.807, 2.05) is 25.3 Å². The van der Waals surface area contributed by atoms with E-state index in [2.05, 4.69) is 11.4 Å². The third kappa shape index (κ3) is 3.74. The number of aryl methyl sites for hydroxylation is 1. The molecule has 0 heterocycles. The Morgan fingerprint density at radius 1 is 1.32 bits per heavy atom. The zero-order valence-corrected chi connectivity index (χ0v) is 12.4. The Morgan fingerprint density at radius 3 is 2.63 bits per heavy atom. The highest BCUT2D eigenvalue weighted by Gasteiger charge is 2.21. The van der Waals surface area contributed by atoms with Crippen LogP contribution < -0.4 is 11.1 Å². The lowest BCUT2D eigenvalue weighted by atomic mass is 9.91. The molecule has 1 aromatic rings. The van der Waals surface area contributed by atoms with Crippen molar-refractivity contribution in [2.24, 2.45) is 5.73 Å². The highest BCUT2D eigenvalue weighted by molar-refractivity contribution is 7.98. The molecule has 2 rings (SSSR count). The number of rotatable bonds is 3. The standard InChI is InChI=1S/C15H22N2OS/c1-10-3-8-13(19-2)9-14(10)15(18)17-12-6-4-11(16)5-7-12/h3,8-9,11-12H,4-7,16H2,1-2H3,(H,17,18). The van der Waals surface area contributed by atoms with Gasteiger partial charge in [-0.05, 0) is 56.6 Å². The molecule has 1 saturated carbocycles. The van der Waals surface area contributed by atoms with Crippen molar-refractivity contribution in [2.45, 2.75) is 49.6 Å². The maximum Gasteiger partial charge on any atom is 0.251 e. The van der Waals surface area contributed by atoms with E-state index in [0.29, 0.717) is 6.04 Å². The first-order chi connectivity index (χ1) is 9.10. The van der Waals surface area contributed by atoms with Crippen LogP contribution >= 0.6 is 11.8 Å². The minimum absolute atomic E-state index is 0.0499. The van der Waals surface area contributed by atoms with Crippen molar-refractivity contribution >= 4 is 17.7 Å². The summed E-state index contributed by atoms with van der Waals surface area (Å²) in [7, 11) is 0. The SMILES string of the molecule is CSc1ccc(C)c(C(=O)NC2CCC(N)CC2)c1. The summed E-state index contributed by atoms with van der Waals surface area (Å²) in [5, 5.41) is 3.14. The fourth-order valence-electron chi connectivity index (χ4n) is 2.50. The largest absolute Gasteiger partial charge is 0.349 e. The first kappa shape index (κ1) is 14.4. The Hall–Kier alpha value is -1.00. The molecule has 0 saturated heterocycles. The van der Waals surface area contributed by atoms with Crippen LogP contribution in [0.2, 0.25) is 0 Å². The van der Waals surface area contributed by atoms with E-state index in [4.69, 9.17) is 5.73 Å². The maximum atomic E-state index is 12.3. The number of carbonyl (C=O) groups is 1. The van der Waals surface area contributed by atoms with Crippen LogP contribution in [-0.4, -0.2) is 24.2 Å². The van der Waals surface area contributed by atoms with Crippen molar-refractivity contribution in [3.63, 3.8) is 0 Å². The minimum Gasteiger partial charge on any atom is -0.349 e. The molecule has 4 heteroatoms. The summed E-state index contributed by atoms with van der Waals surface area (Å²) in [4.78, 5) is 13.5. The van der Waals surface area contributed by atoms with Gasteiger partial charge in [-0.15, -0.1) is 11.8 Å². The van der Waals surface area contributed by atoms with Crippen molar-refractivity contribution in [1.82, 2.24) is 5.32 Å². The van der Waals surface area contributed by atoms with Gasteiger partial charge >= 0.3 is 0 Å². The van der Waals surface area contributed by atoms with Gasteiger partial charge in [0.15, 0.2) is 0 Å². The second-order valence-corrected chi connectivity index (χ2v) is 6.15. The number of hydrogen-bond acceptors (Lipinski definition) is 3. The molecular weight excluding hydrogens is 256 g/mol. The molecule has 3 nitrogen and oxygen atoms in total. The van der Waals surface area contributed by atoms with E-state index in [0.717, 1.165) is 41.7 Å². The number of nitrogens with one attached hydrogen (secondary N) is 1. The van der Waals surface area contributed by atoms with Gasteiger partial charge in [-0.2, -0.15) is 0 Å². The molecular formula is C15H22N2OS. The van der Waals surface area contributed by atoms with E-state index >= 15 is 0 Å². The molecule has 0 spiro atoms. The predicted octanol–water partition coefficient (Wildman–Crippen LogP) is 2.72. The number of carbonyl (C=O) groups excluding carboxylic acids is 1. The van der Waals surface area contributed by atoms with Crippen LogP contribution in [0.3, 0.4) is 0 Å². The van der Waals surface area contributed by atoms with E-state index in [9.17, 15) is 4.79 Å². The summed E-state index contributed by atoms with van der Waals surface area (Å²) in [5.41, 5.74) is 7.71. The maximum absolute atomic E-state index is 12.3. The number of nitrogens with two attached hydrogens (primary N) is 1. The Bertz CT molecular complexity index is 453. The van der Waals surface area contributed by atoms with Crippen molar-refractivity contribution in [2.75, 3.05) is 6.26 Å². The van der Waals surface area contributed by atoms with Gasteiger partial charge in [-0.1, -0.05) is 6.07 Å². The highest BCUT2D eigenvalue weighted by Crippen LogP contribution is 2.21. The number of benzene rings is 1. The van der Waals surface area contributed by atoms with E-state index in [1.165, 1.54) is 0 Å². The molecule has 0 unspecified atom stereocenters. The Labute approximate surface area is 119 Å². The molecule has 0 atom stereocenters. The first-order valence-electron chi connectivity index (χ1n) is 6.81. The lowest BCUT2D eigenvalue weighted by Gasteiger charge is -2.27. The van der Waals surface area contributed by atoms with Gasteiger partial charge in [0, 0.05) is 22.5 Å². The highest BCUT2D eigenvalue weighted by atomic mass is 32.2. The Balaban J connectivity index is 2.03. The van der Waals surface area contributed by atoms with Crippen molar-refractivity contribution in [1.29, 1.82) is 0 Å². The Morgan fingerprint density at radius 2 is 2.00 bits per heavy atom. The molecule has 0 aliphatic heterocycles. The van der Waals surface area contributed by atoms with Gasteiger partial charge in [0.2, 0.25) is 0 Å². The number of amides is 1. The molecule has 0 radical (unpaired) electrons. The molecule has 104 valence electrons. The third-order valence-electron chi connectivity index (χ3n) is 3.80. The minimum atomic E-state index is 0.0499. The summed E-state index contributed by atoms with van der Waals surface area (Å²) in [6, 6.07) is 6.64. The van der Waals surface area contributed by atoms with Crippen LogP contribution in [-0.2, 0) is 0 Å². The molecule has 3 N–H and O–H groups in total. The van der Waals surface area contributed by atoms with Gasteiger partial charge < -0.3 is 11.1 Å². The topological polar surface area (TPSA) is 55.1 Å². The van der Waals surface area contributed by atoms with E-state index in [1.54, 1.807) is 11.8 Å². The summed E-state index contributed by atoms with van der Waals surface area (Å²) >= 11 is 1.66. The Kier molecular flexibility index (Phi) is 4.88. The van der Waals surface area contributed by atoms with E-state index in [-0.39, 0.29) is 11.9 Å². The van der Waals surface area contributed by atoms with Gasteiger partial charge in [-0.25, -0.2) is 0 Å². The van der Waals surface area contributed by atoms with Crippen LogP contribution in [0.4, 0.5) is 0 Å². The van der Waals surface area contributed by atoms with Crippen LogP contribution in [0.25, 0.3) is 0 Å². The fraction of sp³-hybridized carbons (Fsp3) is 0.533. The van der Waals surface area contributed by atoms with Gasteiger partial charge in [-0.3, -0.25) is 4.79 Å². The summed E-state index contributed by atoms with van der Waals surface area (Å²) in [6.07, 6.45) is 6.03. The average molecular weight is 278 g/mol. The normalized spacial score (nSPS) is 23.1.